The second-order valence-corrected chi connectivity index (χ2v) is 7.22. The van der Waals surface area contributed by atoms with Crippen molar-refractivity contribution in [2.24, 2.45) is 5.92 Å². The van der Waals surface area contributed by atoms with Gasteiger partial charge in [-0.15, -0.1) is 11.6 Å². The van der Waals surface area contributed by atoms with Gasteiger partial charge in [0.05, 0.1) is 12.0 Å². The second-order valence-electron chi connectivity index (χ2n) is 6.61. The normalized spacial score (nSPS) is 13.3. The lowest BCUT2D eigenvalue weighted by Crippen LogP contribution is -2.10. The Balaban J connectivity index is 1.85. The lowest BCUT2D eigenvalue weighted by atomic mass is 10.0. The summed E-state index contributed by atoms with van der Waals surface area (Å²) in [5, 5.41) is 0.0701. The van der Waals surface area contributed by atoms with Gasteiger partial charge >= 0.3 is 0 Å². The van der Waals surface area contributed by atoms with Crippen molar-refractivity contribution in [1.29, 1.82) is 0 Å². The van der Waals surface area contributed by atoms with Gasteiger partial charge in [-0.3, -0.25) is 0 Å². The Morgan fingerprint density at radius 3 is 1.68 bits per heavy atom. The van der Waals surface area contributed by atoms with Crippen LogP contribution in [0.4, 0.5) is 0 Å². The van der Waals surface area contributed by atoms with E-state index in [1.54, 1.807) is 0 Å². The smallest absolute Gasteiger partial charge is 0.119 e. The number of ether oxygens (including phenoxy) is 2. The molecule has 0 radical (unpaired) electrons. The van der Waals surface area contributed by atoms with Gasteiger partial charge in [-0.05, 0) is 54.2 Å². The minimum atomic E-state index is 0.0701. The zero-order valence-corrected chi connectivity index (χ0v) is 16.3. The van der Waals surface area contributed by atoms with Crippen molar-refractivity contribution in [1.82, 2.24) is 0 Å². The molecule has 0 heterocycles. The van der Waals surface area contributed by atoms with Crippen molar-refractivity contribution in [2.45, 2.75) is 45.4 Å². The third kappa shape index (κ3) is 6.99. The summed E-state index contributed by atoms with van der Waals surface area (Å²) in [6.45, 7) is 7.78. The van der Waals surface area contributed by atoms with E-state index in [1.165, 1.54) is 11.1 Å². The van der Waals surface area contributed by atoms with Gasteiger partial charge in [0.2, 0.25) is 0 Å². The number of hydrogen-bond acceptors (Lipinski definition) is 2. The molecule has 2 aromatic rings. The van der Waals surface area contributed by atoms with Crippen molar-refractivity contribution in [2.75, 3.05) is 13.2 Å². The van der Waals surface area contributed by atoms with Crippen molar-refractivity contribution in [3.8, 4) is 11.5 Å². The van der Waals surface area contributed by atoms with Crippen LogP contribution in [0, 0.1) is 5.92 Å². The van der Waals surface area contributed by atoms with Gasteiger partial charge in [-0.1, -0.05) is 51.5 Å². The van der Waals surface area contributed by atoms with Crippen LogP contribution in [0.1, 0.15) is 44.7 Å². The van der Waals surface area contributed by atoms with Crippen LogP contribution < -0.4 is 9.47 Å². The number of alkyl halides is 1. The topological polar surface area (TPSA) is 18.5 Å². The standard InChI is InChI=1S/C22H29ClO2/c1-4-17(3)15-24-21-10-6-18(7-11-21)14-19-8-12-22(13-9-19)25-16-20(23)5-2/h6-13,17,20H,4-5,14-16H2,1-3H3/t17-,20-/m0/s1. The predicted molar refractivity (Wildman–Crippen MR) is 106 cm³/mol. The molecule has 0 spiro atoms. The first kappa shape index (κ1) is 19.7. The van der Waals surface area contributed by atoms with Crippen LogP contribution in [0.25, 0.3) is 0 Å². The molecule has 0 saturated carbocycles. The first-order valence-electron chi connectivity index (χ1n) is 9.18. The lowest BCUT2D eigenvalue weighted by Gasteiger charge is -2.12. The maximum Gasteiger partial charge on any atom is 0.119 e. The lowest BCUT2D eigenvalue weighted by molar-refractivity contribution is 0.256. The van der Waals surface area contributed by atoms with E-state index in [4.69, 9.17) is 21.1 Å². The average Bonchev–Trinajstić information content (AvgIpc) is 2.66. The first-order chi connectivity index (χ1) is 12.1. The highest BCUT2D eigenvalue weighted by Crippen LogP contribution is 2.19. The quantitative estimate of drug-likeness (QED) is 0.476. The molecular weight excluding hydrogens is 332 g/mol. The molecule has 2 atom stereocenters. The van der Waals surface area contributed by atoms with Crippen LogP contribution in [0.5, 0.6) is 11.5 Å². The fourth-order valence-electron chi connectivity index (χ4n) is 2.30. The Morgan fingerprint density at radius 1 is 0.760 bits per heavy atom. The molecule has 0 aromatic heterocycles. The van der Waals surface area contributed by atoms with E-state index in [2.05, 4.69) is 57.2 Å². The highest BCUT2D eigenvalue weighted by atomic mass is 35.5. The predicted octanol–water partition coefficient (Wildman–Crippen LogP) is 6.10. The third-order valence-electron chi connectivity index (χ3n) is 4.36. The number of benzene rings is 2. The fraction of sp³-hybridized carbons (Fsp3) is 0.455. The zero-order chi connectivity index (χ0) is 18.1. The van der Waals surface area contributed by atoms with E-state index in [-0.39, 0.29) is 5.38 Å². The first-order valence-corrected chi connectivity index (χ1v) is 9.61. The van der Waals surface area contributed by atoms with Crippen LogP contribution in [-0.2, 0) is 6.42 Å². The van der Waals surface area contributed by atoms with Crippen LogP contribution in [0.2, 0.25) is 0 Å². The molecule has 25 heavy (non-hydrogen) atoms. The third-order valence-corrected chi connectivity index (χ3v) is 4.79. The van der Waals surface area contributed by atoms with Gasteiger partial charge in [-0.2, -0.15) is 0 Å². The summed E-state index contributed by atoms with van der Waals surface area (Å²) in [5.41, 5.74) is 2.54. The molecule has 0 aliphatic heterocycles. The minimum Gasteiger partial charge on any atom is -0.493 e. The maximum absolute atomic E-state index is 6.08. The summed E-state index contributed by atoms with van der Waals surface area (Å²) in [4.78, 5) is 0. The Hall–Kier alpha value is -1.67. The summed E-state index contributed by atoms with van der Waals surface area (Å²) < 4.78 is 11.5. The van der Waals surface area contributed by atoms with Crippen LogP contribution in [-0.4, -0.2) is 18.6 Å². The minimum absolute atomic E-state index is 0.0701. The van der Waals surface area contributed by atoms with Crippen molar-refractivity contribution in [3.05, 3.63) is 59.7 Å². The van der Waals surface area contributed by atoms with E-state index < -0.39 is 0 Å². The van der Waals surface area contributed by atoms with E-state index >= 15 is 0 Å². The average molecular weight is 361 g/mol. The molecule has 0 amide bonds. The second kappa shape index (κ2) is 10.4. The zero-order valence-electron chi connectivity index (χ0n) is 15.5. The van der Waals surface area contributed by atoms with Gasteiger partial charge in [0, 0.05) is 0 Å². The molecule has 2 aromatic carbocycles. The monoisotopic (exact) mass is 360 g/mol. The van der Waals surface area contributed by atoms with Gasteiger partial charge in [-0.25, -0.2) is 0 Å². The SMILES string of the molecule is CC[C@H](C)COc1ccc(Cc2ccc(OC[C@@H](Cl)CC)cc2)cc1. The number of rotatable bonds is 10. The summed E-state index contributed by atoms with van der Waals surface area (Å²) in [6.07, 6.45) is 2.96. The van der Waals surface area contributed by atoms with Crippen LogP contribution in [0.15, 0.2) is 48.5 Å². The van der Waals surface area contributed by atoms with Crippen LogP contribution >= 0.6 is 11.6 Å². The van der Waals surface area contributed by atoms with E-state index in [9.17, 15) is 0 Å². The Morgan fingerprint density at radius 2 is 1.24 bits per heavy atom. The molecule has 2 rings (SSSR count). The Labute approximate surface area is 157 Å². The van der Waals surface area contributed by atoms with E-state index in [0.29, 0.717) is 12.5 Å². The summed E-state index contributed by atoms with van der Waals surface area (Å²) in [5.74, 6) is 2.41. The summed E-state index contributed by atoms with van der Waals surface area (Å²) >= 11 is 6.08. The van der Waals surface area contributed by atoms with Crippen LogP contribution in [0.3, 0.4) is 0 Å². The maximum atomic E-state index is 6.08. The fourth-order valence-corrected chi connectivity index (χ4v) is 2.37. The molecule has 136 valence electrons. The molecule has 0 N–H and O–H groups in total. The molecule has 2 nitrogen and oxygen atoms in total. The van der Waals surface area contributed by atoms with E-state index in [0.717, 1.165) is 37.4 Å². The Bertz CT molecular complexity index is 551. The van der Waals surface area contributed by atoms with Gasteiger partial charge in [0.15, 0.2) is 0 Å². The highest BCUT2D eigenvalue weighted by molar-refractivity contribution is 6.20. The summed E-state index contributed by atoms with van der Waals surface area (Å²) in [7, 11) is 0. The Kier molecular flexibility index (Phi) is 8.14. The van der Waals surface area contributed by atoms with Gasteiger partial charge < -0.3 is 9.47 Å². The highest BCUT2D eigenvalue weighted by Gasteiger charge is 2.04. The molecule has 0 fully saturated rings. The number of halogens is 1. The molecule has 0 aliphatic rings. The van der Waals surface area contributed by atoms with Crippen molar-refractivity contribution in [3.63, 3.8) is 0 Å². The molecule has 0 bridgehead atoms. The van der Waals surface area contributed by atoms with Gasteiger partial charge in [0.1, 0.15) is 18.1 Å². The molecule has 0 aliphatic carbocycles. The van der Waals surface area contributed by atoms with Crippen molar-refractivity contribution >= 4 is 11.6 Å². The largest absolute Gasteiger partial charge is 0.493 e. The van der Waals surface area contributed by atoms with E-state index in [1.807, 2.05) is 12.1 Å². The summed E-state index contributed by atoms with van der Waals surface area (Å²) in [6, 6.07) is 16.6. The van der Waals surface area contributed by atoms with Crippen molar-refractivity contribution < 1.29 is 9.47 Å². The number of hydrogen-bond donors (Lipinski definition) is 0. The molecule has 0 unspecified atom stereocenters. The molecule has 3 heteroatoms. The molecular formula is C22H29ClO2. The van der Waals surface area contributed by atoms with Gasteiger partial charge in [0.25, 0.3) is 0 Å². The molecule has 0 saturated heterocycles.